The van der Waals surface area contributed by atoms with Gasteiger partial charge in [0.05, 0.1) is 6.61 Å². The maximum atomic E-state index is 5.21. The fourth-order valence-corrected chi connectivity index (χ4v) is 2.44. The third kappa shape index (κ3) is 2.25. The summed E-state index contributed by atoms with van der Waals surface area (Å²) in [5.74, 6) is 0. The van der Waals surface area contributed by atoms with Crippen LogP contribution in [0.3, 0.4) is 0 Å². The molecule has 1 nitrogen and oxygen atoms in total. The first kappa shape index (κ1) is 11.1. The molecule has 0 fully saturated rings. The SMILES string of the molecule is COCc1c(Br)ccc2ccc(Br)cc12. The van der Waals surface area contributed by atoms with Gasteiger partial charge in [-0.3, -0.25) is 0 Å². The molecule has 0 saturated carbocycles. The molecular weight excluding hydrogens is 320 g/mol. The average Bonchev–Trinajstić information content (AvgIpc) is 2.23. The second-order valence-corrected chi connectivity index (χ2v) is 5.09. The lowest BCUT2D eigenvalue weighted by Gasteiger charge is -2.08. The highest BCUT2D eigenvalue weighted by atomic mass is 79.9. The minimum Gasteiger partial charge on any atom is -0.380 e. The van der Waals surface area contributed by atoms with Crippen LogP contribution in [0.25, 0.3) is 10.8 Å². The summed E-state index contributed by atoms with van der Waals surface area (Å²) < 4.78 is 7.39. The first-order chi connectivity index (χ1) is 7.22. The number of hydrogen-bond donors (Lipinski definition) is 0. The lowest BCUT2D eigenvalue weighted by molar-refractivity contribution is 0.185. The third-order valence-electron chi connectivity index (χ3n) is 2.33. The molecule has 78 valence electrons. The van der Waals surface area contributed by atoms with Gasteiger partial charge in [0.15, 0.2) is 0 Å². The van der Waals surface area contributed by atoms with Crippen LogP contribution in [0.5, 0.6) is 0 Å². The summed E-state index contributed by atoms with van der Waals surface area (Å²) in [6.07, 6.45) is 0. The van der Waals surface area contributed by atoms with Crippen LogP contribution in [0, 0.1) is 0 Å². The third-order valence-corrected chi connectivity index (χ3v) is 3.56. The van der Waals surface area contributed by atoms with E-state index in [1.165, 1.54) is 16.3 Å². The predicted molar refractivity (Wildman–Crippen MR) is 70.1 cm³/mol. The lowest BCUT2D eigenvalue weighted by atomic mass is 10.1. The summed E-state index contributed by atoms with van der Waals surface area (Å²) in [5.41, 5.74) is 1.19. The van der Waals surface area contributed by atoms with Crippen LogP contribution in [-0.4, -0.2) is 7.11 Å². The van der Waals surface area contributed by atoms with Crippen LogP contribution in [-0.2, 0) is 11.3 Å². The zero-order valence-electron chi connectivity index (χ0n) is 8.26. The van der Waals surface area contributed by atoms with Crippen molar-refractivity contribution < 1.29 is 4.74 Å². The van der Waals surface area contributed by atoms with Crippen molar-refractivity contribution in [3.05, 3.63) is 44.8 Å². The minimum absolute atomic E-state index is 0.619. The van der Waals surface area contributed by atoms with E-state index in [0.29, 0.717) is 6.61 Å². The number of hydrogen-bond acceptors (Lipinski definition) is 1. The molecule has 0 N–H and O–H groups in total. The zero-order valence-corrected chi connectivity index (χ0v) is 11.4. The highest BCUT2D eigenvalue weighted by Crippen LogP contribution is 2.29. The summed E-state index contributed by atoms with van der Waals surface area (Å²) in [6.45, 7) is 0.619. The monoisotopic (exact) mass is 328 g/mol. The minimum atomic E-state index is 0.619. The first-order valence-electron chi connectivity index (χ1n) is 4.58. The Labute approximate surface area is 106 Å². The molecule has 0 saturated heterocycles. The molecule has 2 aromatic rings. The molecule has 2 rings (SSSR count). The van der Waals surface area contributed by atoms with Crippen molar-refractivity contribution in [3.63, 3.8) is 0 Å². The number of benzene rings is 2. The molecule has 0 unspecified atom stereocenters. The molecule has 0 atom stereocenters. The number of rotatable bonds is 2. The van der Waals surface area contributed by atoms with Gasteiger partial charge in [-0.2, -0.15) is 0 Å². The number of halogens is 2. The average molecular weight is 330 g/mol. The van der Waals surface area contributed by atoms with Crippen LogP contribution in [0.2, 0.25) is 0 Å². The lowest BCUT2D eigenvalue weighted by Crippen LogP contribution is -1.91. The second-order valence-electron chi connectivity index (χ2n) is 3.32. The van der Waals surface area contributed by atoms with Crippen LogP contribution >= 0.6 is 31.9 Å². The van der Waals surface area contributed by atoms with Crippen LogP contribution in [0.1, 0.15) is 5.56 Å². The van der Waals surface area contributed by atoms with Gasteiger partial charge in [-0.25, -0.2) is 0 Å². The Hall–Kier alpha value is -0.380. The van der Waals surface area contributed by atoms with Gasteiger partial charge in [0.2, 0.25) is 0 Å². The van der Waals surface area contributed by atoms with E-state index in [4.69, 9.17) is 4.74 Å². The molecule has 0 bridgehead atoms. The fourth-order valence-electron chi connectivity index (χ4n) is 1.62. The van der Waals surface area contributed by atoms with Crippen molar-refractivity contribution >= 4 is 42.6 Å². The summed E-state index contributed by atoms with van der Waals surface area (Å²) >= 11 is 7.03. The van der Waals surface area contributed by atoms with Crippen molar-refractivity contribution in [1.82, 2.24) is 0 Å². The maximum Gasteiger partial charge on any atom is 0.0730 e. The molecule has 0 spiro atoms. The van der Waals surface area contributed by atoms with Crippen LogP contribution < -0.4 is 0 Å². The van der Waals surface area contributed by atoms with E-state index < -0.39 is 0 Å². The number of fused-ring (bicyclic) bond motifs is 1. The van der Waals surface area contributed by atoms with Gasteiger partial charge in [-0.1, -0.05) is 44.0 Å². The van der Waals surface area contributed by atoms with Gasteiger partial charge < -0.3 is 4.74 Å². The van der Waals surface area contributed by atoms with Gasteiger partial charge in [-0.15, -0.1) is 0 Å². The molecule has 2 aromatic carbocycles. The smallest absolute Gasteiger partial charge is 0.0730 e. The molecule has 0 heterocycles. The molecule has 15 heavy (non-hydrogen) atoms. The Morgan fingerprint density at radius 1 is 1.13 bits per heavy atom. The van der Waals surface area contributed by atoms with E-state index in [9.17, 15) is 0 Å². The maximum absolute atomic E-state index is 5.21. The summed E-state index contributed by atoms with van der Waals surface area (Å²) in [6, 6.07) is 10.4. The van der Waals surface area contributed by atoms with E-state index in [2.05, 4.69) is 56.1 Å². The van der Waals surface area contributed by atoms with E-state index in [-0.39, 0.29) is 0 Å². The van der Waals surface area contributed by atoms with Crippen LogP contribution in [0.15, 0.2) is 39.3 Å². The fraction of sp³-hybridized carbons (Fsp3) is 0.167. The zero-order chi connectivity index (χ0) is 10.8. The van der Waals surface area contributed by atoms with Gasteiger partial charge in [0, 0.05) is 16.1 Å². The second kappa shape index (κ2) is 4.64. The molecule has 0 aliphatic rings. The summed E-state index contributed by atoms with van der Waals surface area (Å²) in [4.78, 5) is 0. The molecule has 0 aliphatic carbocycles. The topological polar surface area (TPSA) is 9.23 Å². The first-order valence-corrected chi connectivity index (χ1v) is 6.16. The summed E-state index contributed by atoms with van der Waals surface area (Å²) in [7, 11) is 1.71. The van der Waals surface area contributed by atoms with E-state index in [0.717, 1.165) is 8.95 Å². The molecule has 0 aromatic heterocycles. The van der Waals surface area contributed by atoms with Crippen molar-refractivity contribution in [2.45, 2.75) is 6.61 Å². The van der Waals surface area contributed by atoms with Gasteiger partial charge in [0.1, 0.15) is 0 Å². The Morgan fingerprint density at radius 2 is 1.87 bits per heavy atom. The van der Waals surface area contributed by atoms with E-state index >= 15 is 0 Å². The van der Waals surface area contributed by atoms with Crippen molar-refractivity contribution in [2.75, 3.05) is 7.11 Å². The molecule has 0 radical (unpaired) electrons. The largest absolute Gasteiger partial charge is 0.380 e. The van der Waals surface area contributed by atoms with Crippen LogP contribution in [0.4, 0.5) is 0 Å². The Kier molecular flexibility index (Phi) is 3.44. The van der Waals surface area contributed by atoms with E-state index in [1.807, 2.05) is 6.07 Å². The highest BCUT2D eigenvalue weighted by molar-refractivity contribution is 9.10. The Morgan fingerprint density at radius 3 is 2.60 bits per heavy atom. The molecule has 3 heteroatoms. The van der Waals surface area contributed by atoms with Gasteiger partial charge >= 0.3 is 0 Å². The van der Waals surface area contributed by atoms with E-state index in [1.54, 1.807) is 7.11 Å². The van der Waals surface area contributed by atoms with Crippen molar-refractivity contribution in [3.8, 4) is 0 Å². The molecular formula is C12H10Br2O. The Bertz CT molecular complexity index is 489. The molecule has 0 amide bonds. The van der Waals surface area contributed by atoms with Crippen molar-refractivity contribution in [1.29, 1.82) is 0 Å². The Balaban J connectivity index is 2.72. The molecule has 0 aliphatic heterocycles. The standard InChI is InChI=1S/C12H10Br2O/c1-15-7-11-10-6-9(13)4-2-8(10)3-5-12(11)14/h2-6H,7H2,1H3. The van der Waals surface area contributed by atoms with Crippen molar-refractivity contribution in [2.24, 2.45) is 0 Å². The normalized spacial score (nSPS) is 10.9. The number of methoxy groups -OCH3 is 1. The quantitative estimate of drug-likeness (QED) is 0.787. The summed E-state index contributed by atoms with van der Waals surface area (Å²) in [5, 5.41) is 2.45. The predicted octanol–water partition coefficient (Wildman–Crippen LogP) is 4.51. The number of ether oxygens (including phenoxy) is 1. The van der Waals surface area contributed by atoms with Gasteiger partial charge in [-0.05, 0) is 34.5 Å². The highest BCUT2D eigenvalue weighted by Gasteiger charge is 2.05. The van der Waals surface area contributed by atoms with Gasteiger partial charge in [0.25, 0.3) is 0 Å².